The molecular formula is C24H31F6N5O5S. The van der Waals surface area contributed by atoms with Crippen molar-refractivity contribution in [3.8, 4) is 0 Å². The van der Waals surface area contributed by atoms with E-state index < -0.39 is 24.3 Å². The molecule has 41 heavy (non-hydrogen) atoms. The lowest BCUT2D eigenvalue weighted by Crippen LogP contribution is -2.46. The maximum absolute atomic E-state index is 12.7. The number of alkyl halides is 6. The molecule has 0 radical (unpaired) electrons. The molecule has 0 saturated carbocycles. The first-order valence-electron chi connectivity index (χ1n) is 12.5. The number of aliphatic carboxylic acids is 2. The van der Waals surface area contributed by atoms with Crippen LogP contribution in [-0.4, -0.2) is 83.6 Å². The summed E-state index contributed by atoms with van der Waals surface area (Å²) in [6.45, 7) is 8.81. The minimum Gasteiger partial charge on any atom is -0.475 e. The molecule has 2 aromatic rings. The molecule has 1 unspecified atom stereocenters. The molecule has 4 heterocycles. The molecular weight excluding hydrogens is 584 g/mol. The summed E-state index contributed by atoms with van der Waals surface area (Å²) in [5.41, 5.74) is 2.35. The summed E-state index contributed by atoms with van der Waals surface area (Å²) < 4.78 is 65.5. The third kappa shape index (κ3) is 10.3. The van der Waals surface area contributed by atoms with Crippen molar-refractivity contribution in [1.29, 1.82) is 0 Å². The van der Waals surface area contributed by atoms with Gasteiger partial charge >= 0.3 is 24.3 Å². The van der Waals surface area contributed by atoms with E-state index in [1.54, 1.807) is 11.3 Å². The predicted octanol–water partition coefficient (Wildman–Crippen LogP) is 4.48. The molecule has 1 spiro atoms. The normalized spacial score (nSPS) is 19.7. The Kier molecular flexibility index (Phi) is 11.7. The van der Waals surface area contributed by atoms with Crippen LogP contribution in [0.5, 0.6) is 0 Å². The number of thiazole rings is 1. The molecule has 10 nitrogen and oxygen atoms in total. The zero-order valence-corrected chi connectivity index (χ0v) is 23.2. The Morgan fingerprint density at radius 1 is 1.02 bits per heavy atom. The molecule has 2 aliphatic rings. The van der Waals surface area contributed by atoms with Gasteiger partial charge in [0.15, 0.2) is 0 Å². The Bertz CT molecular complexity index is 1160. The molecule has 1 atom stereocenters. The van der Waals surface area contributed by atoms with Crippen molar-refractivity contribution in [2.45, 2.75) is 83.5 Å². The van der Waals surface area contributed by atoms with Crippen molar-refractivity contribution in [3.63, 3.8) is 0 Å². The third-order valence-electron chi connectivity index (χ3n) is 6.58. The first-order chi connectivity index (χ1) is 19.0. The summed E-state index contributed by atoms with van der Waals surface area (Å²) in [5, 5.41) is 21.8. The zero-order chi connectivity index (χ0) is 31.0. The molecule has 230 valence electrons. The Balaban J connectivity index is 0.000000349. The second kappa shape index (κ2) is 14.1. The van der Waals surface area contributed by atoms with Crippen molar-refractivity contribution in [2.75, 3.05) is 13.1 Å². The van der Waals surface area contributed by atoms with Crippen molar-refractivity contribution in [3.05, 3.63) is 34.0 Å². The standard InChI is InChI=1S/C20H29N5OS.2C2HF3O2/c1-3-24-13-17(11-21-24)12-23-9-4-6-20(8-10-23)7-5-19(26)25(20)14-18-15-27-16(2)22-18;2*3-2(4,5)1(6)7/h11,13,15H,3-10,12,14H2,1-2H3;2*(H,6,7). The van der Waals surface area contributed by atoms with Gasteiger partial charge < -0.3 is 15.1 Å². The summed E-state index contributed by atoms with van der Waals surface area (Å²) >= 11 is 1.67. The van der Waals surface area contributed by atoms with Gasteiger partial charge in [0.2, 0.25) is 5.91 Å². The van der Waals surface area contributed by atoms with Gasteiger partial charge in [-0.15, -0.1) is 11.3 Å². The topological polar surface area (TPSA) is 129 Å². The highest BCUT2D eigenvalue weighted by Gasteiger charge is 2.45. The number of halogens is 6. The van der Waals surface area contributed by atoms with Crippen LogP contribution < -0.4 is 0 Å². The Morgan fingerprint density at radius 2 is 1.63 bits per heavy atom. The number of carbonyl (C=O) groups excluding carboxylic acids is 1. The van der Waals surface area contributed by atoms with E-state index in [0.717, 1.165) is 62.6 Å². The number of carbonyl (C=O) groups is 3. The maximum Gasteiger partial charge on any atom is 0.490 e. The van der Waals surface area contributed by atoms with Crippen molar-refractivity contribution < 1.29 is 50.9 Å². The van der Waals surface area contributed by atoms with Crippen LogP contribution >= 0.6 is 11.3 Å². The lowest BCUT2D eigenvalue weighted by molar-refractivity contribution is -0.193. The van der Waals surface area contributed by atoms with E-state index in [1.165, 1.54) is 5.56 Å². The van der Waals surface area contributed by atoms with Crippen molar-refractivity contribution in [1.82, 2.24) is 24.6 Å². The van der Waals surface area contributed by atoms with Crippen LogP contribution in [0, 0.1) is 6.92 Å². The lowest BCUT2D eigenvalue weighted by Gasteiger charge is -2.38. The molecule has 1 amide bonds. The molecule has 4 rings (SSSR count). The van der Waals surface area contributed by atoms with Gasteiger partial charge in [0.1, 0.15) is 0 Å². The number of aromatic nitrogens is 3. The van der Waals surface area contributed by atoms with E-state index in [9.17, 15) is 31.1 Å². The van der Waals surface area contributed by atoms with E-state index in [0.29, 0.717) is 18.9 Å². The fourth-order valence-corrected chi connectivity index (χ4v) is 5.21. The number of amides is 1. The second-order valence-electron chi connectivity index (χ2n) is 9.50. The highest BCUT2D eigenvalue weighted by molar-refractivity contribution is 7.09. The van der Waals surface area contributed by atoms with Crippen LogP contribution in [-0.2, 0) is 34.0 Å². The van der Waals surface area contributed by atoms with Gasteiger partial charge in [-0.25, -0.2) is 14.6 Å². The summed E-state index contributed by atoms with van der Waals surface area (Å²) in [7, 11) is 0. The van der Waals surface area contributed by atoms with Gasteiger partial charge in [0, 0.05) is 48.7 Å². The van der Waals surface area contributed by atoms with Crippen LogP contribution in [0.4, 0.5) is 26.3 Å². The molecule has 2 aromatic heterocycles. The fraction of sp³-hybridized carbons (Fsp3) is 0.625. The van der Waals surface area contributed by atoms with Gasteiger partial charge in [-0.05, 0) is 46.1 Å². The summed E-state index contributed by atoms with van der Waals surface area (Å²) in [5.74, 6) is -5.21. The van der Waals surface area contributed by atoms with E-state index in [1.807, 2.05) is 17.8 Å². The molecule has 0 aliphatic carbocycles. The Labute approximate surface area is 235 Å². The average Bonchev–Trinajstić information content (AvgIpc) is 3.53. The molecule has 2 aliphatic heterocycles. The highest BCUT2D eigenvalue weighted by atomic mass is 32.1. The molecule has 2 fully saturated rings. The van der Waals surface area contributed by atoms with E-state index in [4.69, 9.17) is 19.8 Å². The summed E-state index contributed by atoms with van der Waals surface area (Å²) in [4.78, 5) is 39.7. The monoisotopic (exact) mass is 615 g/mol. The molecule has 0 aromatic carbocycles. The molecule has 2 saturated heterocycles. The largest absolute Gasteiger partial charge is 0.490 e. The van der Waals surface area contributed by atoms with Crippen molar-refractivity contribution in [2.24, 2.45) is 0 Å². The highest BCUT2D eigenvalue weighted by Crippen LogP contribution is 2.40. The van der Waals surface area contributed by atoms with Gasteiger partial charge in [0.05, 0.1) is 23.4 Å². The van der Waals surface area contributed by atoms with Crippen LogP contribution in [0.25, 0.3) is 0 Å². The smallest absolute Gasteiger partial charge is 0.475 e. The average molecular weight is 616 g/mol. The minimum atomic E-state index is -5.08. The number of rotatable bonds is 5. The number of aryl methyl sites for hydroxylation is 2. The van der Waals surface area contributed by atoms with Gasteiger partial charge in [0.25, 0.3) is 0 Å². The lowest BCUT2D eigenvalue weighted by atomic mass is 9.87. The Hall–Kier alpha value is -3.21. The number of hydrogen-bond donors (Lipinski definition) is 2. The predicted molar refractivity (Wildman–Crippen MR) is 134 cm³/mol. The number of hydrogen-bond acceptors (Lipinski definition) is 7. The number of likely N-dealkylation sites (tertiary alicyclic amines) is 2. The quantitative estimate of drug-likeness (QED) is 0.472. The fourth-order valence-electron chi connectivity index (χ4n) is 4.60. The van der Waals surface area contributed by atoms with Gasteiger partial charge in [-0.1, -0.05) is 0 Å². The maximum atomic E-state index is 12.7. The van der Waals surface area contributed by atoms with E-state index in [2.05, 4.69) is 38.4 Å². The Morgan fingerprint density at radius 3 is 2.12 bits per heavy atom. The number of nitrogens with zero attached hydrogens (tertiary/aromatic N) is 5. The molecule has 17 heteroatoms. The first-order valence-corrected chi connectivity index (χ1v) is 13.4. The molecule has 2 N–H and O–H groups in total. The van der Waals surface area contributed by atoms with E-state index >= 15 is 0 Å². The van der Waals surface area contributed by atoms with Crippen LogP contribution in [0.15, 0.2) is 17.8 Å². The van der Waals surface area contributed by atoms with Gasteiger partial charge in [-0.3, -0.25) is 14.4 Å². The summed E-state index contributed by atoms with van der Waals surface area (Å²) in [6, 6.07) is 0. The zero-order valence-electron chi connectivity index (χ0n) is 22.3. The molecule has 0 bridgehead atoms. The van der Waals surface area contributed by atoms with Crippen LogP contribution in [0.1, 0.15) is 55.3 Å². The second-order valence-corrected chi connectivity index (χ2v) is 10.6. The minimum absolute atomic E-state index is 0.0248. The number of carboxylic acid groups (broad SMARTS) is 2. The number of carboxylic acids is 2. The first kappa shape index (κ1) is 34.0. The van der Waals surface area contributed by atoms with Crippen molar-refractivity contribution >= 4 is 29.2 Å². The van der Waals surface area contributed by atoms with Crippen LogP contribution in [0.3, 0.4) is 0 Å². The summed E-state index contributed by atoms with van der Waals surface area (Å²) in [6.07, 6.45) is -1.04. The van der Waals surface area contributed by atoms with Crippen LogP contribution in [0.2, 0.25) is 0 Å². The third-order valence-corrected chi connectivity index (χ3v) is 7.40. The SMILES string of the molecule is CCn1cc(CN2CCCC3(CCC(=O)N3Cc3csc(C)n3)CC2)cn1.O=C(O)C(F)(F)F.O=C(O)C(F)(F)F. The van der Waals surface area contributed by atoms with Gasteiger partial charge in [-0.2, -0.15) is 31.4 Å². The van der Waals surface area contributed by atoms with E-state index in [-0.39, 0.29) is 5.54 Å².